The normalized spacial score (nSPS) is 11.4. The fraction of sp³-hybridized carbons (Fsp3) is 0.263. The molecule has 0 heterocycles. The Bertz CT molecular complexity index is 796. The van der Waals surface area contributed by atoms with Gasteiger partial charge in [0, 0.05) is 4.47 Å². The molecule has 0 aliphatic carbocycles. The van der Waals surface area contributed by atoms with Crippen LogP contribution >= 0.6 is 15.9 Å². The monoisotopic (exact) mass is 437 g/mol. The lowest BCUT2D eigenvalue weighted by atomic mass is 10.0. The molecule has 144 valence electrons. The maximum Gasteiger partial charge on any atom is 0.407 e. The van der Waals surface area contributed by atoms with Crippen LogP contribution in [0.25, 0.3) is 0 Å². The first kappa shape index (κ1) is 20.6. The number of nitrogens with one attached hydrogen (secondary N) is 1. The molecule has 7 nitrogen and oxygen atoms in total. The van der Waals surface area contributed by atoms with Gasteiger partial charge in [0.1, 0.15) is 6.61 Å². The molecule has 0 saturated carbocycles. The van der Waals surface area contributed by atoms with Gasteiger partial charge in [0.2, 0.25) is 0 Å². The predicted octanol–water partition coefficient (Wildman–Crippen LogP) is 3.91. The van der Waals surface area contributed by atoms with Gasteiger partial charge in [0.05, 0.1) is 26.7 Å². The molecule has 0 aliphatic rings. The molecule has 0 aromatic heterocycles. The molecule has 0 aliphatic heterocycles. The van der Waals surface area contributed by atoms with E-state index in [1.165, 1.54) is 14.2 Å². The average Bonchev–Trinajstić information content (AvgIpc) is 2.66. The molecule has 27 heavy (non-hydrogen) atoms. The van der Waals surface area contributed by atoms with Crippen LogP contribution in [0.5, 0.6) is 11.5 Å². The van der Waals surface area contributed by atoms with Crippen molar-refractivity contribution in [2.75, 3.05) is 14.2 Å². The number of alkyl carbamates (subject to hydrolysis) is 1. The van der Waals surface area contributed by atoms with Gasteiger partial charge in [-0.3, -0.25) is 4.79 Å². The highest BCUT2D eigenvalue weighted by molar-refractivity contribution is 9.10. The number of amides is 1. The first-order chi connectivity index (χ1) is 12.9. The minimum absolute atomic E-state index is 0.0829. The van der Waals surface area contributed by atoms with Crippen molar-refractivity contribution in [3.8, 4) is 11.5 Å². The SMILES string of the molecule is COc1cc(Br)c([C@H](CC(=O)O)NC(=O)OCc2ccccc2)cc1OC. The van der Waals surface area contributed by atoms with Gasteiger partial charge in [-0.2, -0.15) is 0 Å². The minimum atomic E-state index is -1.06. The van der Waals surface area contributed by atoms with E-state index >= 15 is 0 Å². The largest absolute Gasteiger partial charge is 0.493 e. The van der Waals surface area contributed by atoms with Crippen molar-refractivity contribution in [3.63, 3.8) is 0 Å². The highest BCUT2D eigenvalue weighted by atomic mass is 79.9. The molecule has 1 amide bonds. The Hall–Kier alpha value is -2.74. The number of hydrogen-bond donors (Lipinski definition) is 2. The van der Waals surface area contributed by atoms with Gasteiger partial charge in [0.15, 0.2) is 11.5 Å². The molecular weight excluding hydrogens is 418 g/mol. The van der Waals surface area contributed by atoms with E-state index in [0.717, 1.165) is 5.56 Å². The third-order valence-electron chi connectivity index (χ3n) is 3.76. The number of carbonyl (C=O) groups excluding carboxylic acids is 1. The van der Waals surface area contributed by atoms with Crippen molar-refractivity contribution in [1.82, 2.24) is 5.32 Å². The van der Waals surface area contributed by atoms with Gasteiger partial charge >= 0.3 is 12.1 Å². The van der Waals surface area contributed by atoms with Crippen molar-refractivity contribution in [3.05, 3.63) is 58.1 Å². The molecule has 8 heteroatoms. The third-order valence-corrected chi connectivity index (χ3v) is 4.45. The lowest BCUT2D eigenvalue weighted by Crippen LogP contribution is -2.31. The molecule has 0 bridgehead atoms. The summed E-state index contributed by atoms with van der Waals surface area (Å²) >= 11 is 3.39. The Morgan fingerprint density at radius 3 is 2.33 bits per heavy atom. The number of rotatable bonds is 8. The van der Waals surface area contributed by atoms with Crippen molar-refractivity contribution in [2.24, 2.45) is 0 Å². The van der Waals surface area contributed by atoms with Crippen LogP contribution in [0.1, 0.15) is 23.6 Å². The molecule has 0 saturated heterocycles. The van der Waals surface area contributed by atoms with Crippen molar-refractivity contribution in [2.45, 2.75) is 19.1 Å². The summed E-state index contributed by atoms with van der Waals surface area (Å²) in [6.45, 7) is 0.0829. The molecule has 0 fully saturated rings. The van der Waals surface area contributed by atoms with Crippen LogP contribution in [-0.4, -0.2) is 31.4 Å². The summed E-state index contributed by atoms with van der Waals surface area (Å²) in [5, 5.41) is 11.8. The number of hydrogen-bond acceptors (Lipinski definition) is 5. The summed E-state index contributed by atoms with van der Waals surface area (Å²) in [6.07, 6.45) is -1.04. The highest BCUT2D eigenvalue weighted by Gasteiger charge is 2.23. The number of aliphatic carboxylic acids is 1. The summed E-state index contributed by atoms with van der Waals surface area (Å²) in [6, 6.07) is 11.6. The Morgan fingerprint density at radius 1 is 1.11 bits per heavy atom. The van der Waals surface area contributed by atoms with Gasteiger partial charge in [0.25, 0.3) is 0 Å². The zero-order valence-electron chi connectivity index (χ0n) is 14.9. The molecule has 2 aromatic rings. The van der Waals surface area contributed by atoms with E-state index in [2.05, 4.69) is 21.2 Å². The fourth-order valence-corrected chi connectivity index (χ4v) is 3.06. The Morgan fingerprint density at radius 2 is 1.74 bits per heavy atom. The summed E-state index contributed by atoms with van der Waals surface area (Å²) < 4.78 is 16.2. The predicted molar refractivity (Wildman–Crippen MR) is 102 cm³/mol. The second-order valence-corrected chi connectivity index (χ2v) is 6.44. The van der Waals surface area contributed by atoms with E-state index in [9.17, 15) is 14.7 Å². The molecule has 0 unspecified atom stereocenters. The summed E-state index contributed by atoms with van der Waals surface area (Å²) in [4.78, 5) is 23.4. The quantitative estimate of drug-likeness (QED) is 0.649. The van der Waals surface area contributed by atoms with Crippen LogP contribution in [0.3, 0.4) is 0 Å². The molecule has 2 rings (SSSR count). The summed E-state index contributed by atoms with van der Waals surface area (Å²) in [5.74, 6) is -0.163. The van der Waals surface area contributed by atoms with Crippen molar-refractivity contribution in [1.29, 1.82) is 0 Å². The lowest BCUT2D eigenvalue weighted by Gasteiger charge is -2.20. The van der Waals surface area contributed by atoms with E-state index in [0.29, 0.717) is 21.5 Å². The van der Waals surface area contributed by atoms with Crippen LogP contribution in [0.15, 0.2) is 46.9 Å². The number of ether oxygens (including phenoxy) is 3. The number of halogens is 1. The first-order valence-corrected chi connectivity index (χ1v) is 8.84. The number of benzene rings is 2. The second kappa shape index (κ2) is 9.82. The van der Waals surface area contributed by atoms with Gasteiger partial charge in [-0.15, -0.1) is 0 Å². The van der Waals surface area contributed by atoms with Crippen LogP contribution in [0.4, 0.5) is 4.79 Å². The van der Waals surface area contributed by atoms with E-state index in [-0.39, 0.29) is 13.0 Å². The van der Waals surface area contributed by atoms with E-state index in [4.69, 9.17) is 14.2 Å². The smallest absolute Gasteiger partial charge is 0.407 e. The molecule has 0 spiro atoms. The van der Waals surface area contributed by atoms with Crippen LogP contribution in [0.2, 0.25) is 0 Å². The molecule has 0 radical (unpaired) electrons. The van der Waals surface area contributed by atoms with Crippen LogP contribution in [0, 0.1) is 0 Å². The topological polar surface area (TPSA) is 94.1 Å². The standard InChI is InChI=1S/C19H20BrNO6/c1-25-16-8-13(14(20)9-17(16)26-2)15(10-18(22)23)21-19(24)27-11-12-6-4-3-5-7-12/h3-9,15H,10-11H2,1-2H3,(H,21,24)(H,22,23)/t15-/m0/s1. The van der Waals surface area contributed by atoms with Crippen LogP contribution < -0.4 is 14.8 Å². The number of carbonyl (C=O) groups is 2. The van der Waals surface area contributed by atoms with E-state index in [1.54, 1.807) is 12.1 Å². The zero-order chi connectivity index (χ0) is 19.8. The zero-order valence-corrected chi connectivity index (χ0v) is 16.5. The average molecular weight is 438 g/mol. The number of methoxy groups -OCH3 is 2. The van der Waals surface area contributed by atoms with Gasteiger partial charge in [-0.25, -0.2) is 4.79 Å². The lowest BCUT2D eigenvalue weighted by molar-refractivity contribution is -0.137. The Kier molecular flexibility index (Phi) is 7.48. The molecule has 1 atom stereocenters. The van der Waals surface area contributed by atoms with Crippen molar-refractivity contribution < 1.29 is 28.9 Å². The molecule has 2 aromatic carbocycles. The Labute approximate surface area is 165 Å². The third kappa shape index (κ3) is 5.89. The van der Waals surface area contributed by atoms with E-state index < -0.39 is 18.1 Å². The molecular formula is C19H20BrNO6. The van der Waals surface area contributed by atoms with Gasteiger partial charge in [-0.1, -0.05) is 46.3 Å². The number of carboxylic acids is 1. The van der Waals surface area contributed by atoms with Gasteiger partial charge in [-0.05, 0) is 23.3 Å². The highest BCUT2D eigenvalue weighted by Crippen LogP contribution is 2.37. The van der Waals surface area contributed by atoms with E-state index in [1.807, 2.05) is 30.3 Å². The second-order valence-electron chi connectivity index (χ2n) is 5.59. The van der Waals surface area contributed by atoms with Crippen LogP contribution in [-0.2, 0) is 16.1 Å². The fourth-order valence-electron chi connectivity index (χ4n) is 2.46. The maximum absolute atomic E-state index is 12.2. The summed E-state index contributed by atoms with van der Waals surface area (Å²) in [5.41, 5.74) is 1.36. The summed E-state index contributed by atoms with van der Waals surface area (Å²) in [7, 11) is 2.97. The Balaban J connectivity index is 2.17. The van der Waals surface area contributed by atoms with Crippen molar-refractivity contribution >= 4 is 28.0 Å². The minimum Gasteiger partial charge on any atom is -0.493 e. The maximum atomic E-state index is 12.2. The van der Waals surface area contributed by atoms with Gasteiger partial charge < -0.3 is 24.6 Å². The first-order valence-electron chi connectivity index (χ1n) is 8.05. The molecule has 2 N–H and O–H groups in total. The number of carboxylic acid groups (broad SMARTS) is 1.